The quantitative estimate of drug-likeness (QED) is 0.249. The average Bonchev–Trinajstić information content (AvgIpc) is 3.37. The lowest BCUT2D eigenvalue weighted by atomic mass is 10.1. The molecule has 2 aromatic carbocycles. The zero-order valence-electron chi connectivity index (χ0n) is 21.1. The Morgan fingerprint density at radius 3 is 2.54 bits per heavy atom. The van der Waals surface area contributed by atoms with E-state index in [9.17, 15) is 4.79 Å². The third-order valence-corrected chi connectivity index (χ3v) is 6.26. The van der Waals surface area contributed by atoms with Crippen LogP contribution in [0.5, 0.6) is 0 Å². The molecule has 0 radical (unpaired) electrons. The maximum atomic E-state index is 12.7. The molecule has 0 saturated carbocycles. The van der Waals surface area contributed by atoms with Crippen molar-refractivity contribution in [1.29, 1.82) is 0 Å². The predicted octanol–water partition coefficient (Wildman–Crippen LogP) is 5.86. The number of anilines is 2. The molecule has 0 aliphatic heterocycles. The summed E-state index contributed by atoms with van der Waals surface area (Å²) in [6.45, 7) is 4.85. The first-order chi connectivity index (χ1) is 17.9. The molecular formula is C27H30ClN7O2. The SMILES string of the molecule is CCCCCN(C)C(=O)c1ccc(-c2cnc(N)c(-c3nnc(NC(C)c4ccc(Cl)cc4)o3)n2)cc1. The van der Waals surface area contributed by atoms with E-state index in [-0.39, 0.29) is 35.4 Å². The minimum Gasteiger partial charge on any atom is -0.402 e. The summed E-state index contributed by atoms with van der Waals surface area (Å²) in [6.07, 6.45) is 4.79. The van der Waals surface area contributed by atoms with Gasteiger partial charge in [-0.3, -0.25) is 4.79 Å². The molecule has 192 valence electrons. The van der Waals surface area contributed by atoms with Gasteiger partial charge in [-0.05, 0) is 43.2 Å². The van der Waals surface area contributed by atoms with Crippen molar-refractivity contribution in [3.63, 3.8) is 0 Å². The van der Waals surface area contributed by atoms with Gasteiger partial charge in [-0.25, -0.2) is 9.97 Å². The molecule has 0 bridgehead atoms. The number of aromatic nitrogens is 4. The van der Waals surface area contributed by atoms with Crippen molar-refractivity contribution in [1.82, 2.24) is 25.1 Å². The molecule has 1 unspecified atom stereocenters. The topological polar surface area (TPSA) is 123 Å². The Labute approximate surface area is 221 Å². The number of rotatable bonds is 10. The van der Waals surface area contributed by atoms with Gasteiger partial charge in [-0.1, -0.05) is 60.7 Å². The fraction of sp³-hybridized carbons (Fsp3) is 0.296. The van der Waals surface area contributed by atoms with Crippen LogP contribution in [-0.2, 0) is 0 Å². The van der Waals surface area contributed by atoms with Gasteiger partial charge in [0.2, 0.25) is 0 Å². The third-order valence-electron chi connectivity index (χ3n) is 6.01. The standard InChI is InChI=1S/C27H30ClN7O2/c1-4-5-6-15-35(3)26(36)20-9-7-19(8-10-20)22-16-30-24(29)23(32-22)25-33-34-27(37-25)31-17(2)18-11-13-21(28)14-12-18/h7-14,16-17H,4-6,15H2,1-3H3,(H2,29,30)(H,31,34). The number of hydrogen-bond donors (Lipinski definition) is 2. The van der Waals surface area contributed by atoms with Gasteiger partial charge in [0.05, 0.1) is 17.9 Å². The zero-order valence-corrected chi connectivity index (χ0v) is 21.9. The maximum Gasteiger partial charge on any atom is 0.316 e. The van der Waals surface area contributed by atoms with Gasteiger partial charge in [0.25, 0.3) is 11.8 Å². The molecule has 37 heavy (non-hydrogen) atoms. The highest BCUT2D eigenvalue weighted by Gasteiger charge is 2.18. The average molecular weight is 520 g/mol. The number of carbonyl (C=O) groups excluding carboxylic acids is 1. The van der Waals surface area contributed by atoms with Gasteiger partial charge < -0.3 is 20.4 Å². The molecule has 0 aliphatic carbocycles. The molecule has 0 fully saturated rings. The van der Waals surface area contributed by atoms with Crippen molar-refractivity contribution >= 4 is 29.3 Å². The zero-order chi connectivity index (χ0) is 26.4. The van der Waals surface area contributed by atoms with E-state index in [4.69, 9.17) is 21.8 Å². The van der Waals surface area contributed by atoms with Crippen molar-refractivity contribution in [3.8, 4) is 22.8 Å². The molecule has 3 N–H and O–H groups in total. The molecule has 0 aliphatic rings. The van der Waals surface area contributed by atoms with Crippen LogP contribution in [0.4, 0.5) is 11.8 Å². The van der Waals surface area contributed by atoms with E-state index in [0.29, 0.717) is 16.3 Å². The normalized spacial score (nSPS) is 11.8. The largest absolute Gasteiger partial charge is 0.402 e. The van der Waals surface area contributed by atoms with Crippen LogP contribution in [0.2, 0.25) is 5.02 Å². The monoisotopic (exact) mass is 519 g/mol. The highest BCUT2D eigenvalue weighted by Crippen LogP contribution is 2.28. The van der Waals surface area contributed by atoms with Gasteiger partial charge in [-0.15, -0.1) is 5.10 Å². The molecule has 0 spiro atoms. The lowest BCUT2D eigenvalue weighted by molar-refractivity contribution is 0.0792. The van der Waals surface area contributed by atoms with E-state index < -0.39 is 0 Å². The number of carbonyl (C=O) groups is 1. The second-order valence-corrected chi connectivity index (χ2v) is 9.27. The molecule has 1 atom stereocenters. The molecule has 4 aromatic rings. The Morgan fingerprint density at radius 2 is 1.84 bits per heavy atom. The second kappa shape index (κ2) is 11.8. The first kappa shape index (κ1) is 26.1. The van der Waals surface area contributed by atoms with Gasteiger partial charge in [0.15, 0.2) is 11.5 Å². The molecule has 2 heterocycles. The second-order valence-electron chi connectivity index (χ2n) is 8.83. The predicted molar refractivity (Wildman–Crippen MR) is 145 cm³/mol. The van der Waals surface area contributed by atoms with Gasteiger partial charge in [-0.2, -0.15) is 0 Å². The van der Waals surface area contributed by atoms with Crippen molar-refractivity contribution in [3.05, 3.63) is 70.9 Å². The Morgan fingerprint density at radius 1 is 1.11 bits per heavy atom. The van der Waals surface area contributed by atoms with Crippen LogP contribution in [0.15, 0.2) is 59.1 Å². The number of unbranched alkanes of at least 4 members (excludes halogenated alkanes) is 2. The molecule has 1 amide bonds. The van der Waals surface area contributed by atoms with E-state index in [1.165, 1.54) is 0 Å². The number of nitrogens with zero attached hydrogens (tertiary/aromatic N) is 5. The Bertz CT molecular complexity index is 1340. The van der Waals surface area contributed by atoms with E-state index in [0.717, 1.165) is 36.9 Å². The molecule has 4 rings (SSSR count). The number of nitrogen functional groups attached to an aromatic ring is 1. The van der Waals surface area contributed by atoms with Crippen LogP contribution < -0.4 is 11.1 Å². The molecule has 0 saturated heterocycles. The van der Waals surface area contributed by atoms with Crippen molar-refractivity contribution in [2.24, 2.45) is 0 Å². The lowest BCUT2D eigenvalue weighted by Crippen LogP contribution is -2.27. The summed E-state index contributed by atoms with van der Waals surface area (Å²) < 4.78 is 5.78. The third kappa shape index (κ3) is 6.42. The number of hydrogen-bond acceptors (Lipinski definition) is 8. The van der Waals surface area contributed by atoms with Crippen molar-refractivity contribution in [2.45, 2.75) is 39.2 Å². The van der Waals surface area contributed by atoms with Crippen LogP contribution in [0, 0.1) is 0 Å². The van der Waals surface area contributed by atoms with Crippen LogP contribution in [0.1, 0.15) is 55.1 Å². The van der Waals surface area contributed by atoms with Crippen LogP contribution in [0.3, 0.4) is 0 Å². The van der Waals surface area contributed by atoms with Crippen LogP contribution in [-0.4, -0.2) is 44.6 Å². The Balaban J connectivity index is 1.48. The molecule has 9 nitrogen and oxygen atoms in total. The summed E-state index contributed by atoms with van der Waals surface area (Å²) in [5.74, 6) is 0.314. The summed E-state index contributed by atoms with van der Waals surface area (Å²) in [6, 6.07) is 14.9. The summed E-state index contributed by atoms with van der Waals surface area (Å²) in [5, 5.41) is 12.0. The number of amides is 1. The van der Waals surface area contributed by atoms with Crippen LogP contribution in [0.25, 0.3) is 22.8 Å². The minimum atomic E-state index is -0.0905. The van der Waals surface area contributed by atoms with Crippen LogP contribution >= 0.6 is 11.6 Å². The number of halogens is 1. The maximum absolute atomic E-state index is 12.7. The lowest BCUT2D eigenvalue weighted by Gasteiger charge is -2.17. The van der Waals surface area contributed by atoms with Crippen molar-refractivity contribution in [2.75, 3.05) is 24.6 Å². The first-order valence-electron chi connectivity index (χ1n) is 12.2. The number of benzene rings is 2. The van der Waals surface area contributed by atoms with E-state index in [2.05, 4.69) is 32.4 Å². The number of nitrogens with two attached hydrogens (primary N) is 1. The fourth-order valence-corrected chi connectivity index (χ4v) is 3.92. The summed E-state index contributed by atoms with van der Waals surface area (Å²) in [7, 11) is 1.83. The molecule has 2 aromatic heterocycles. The number of nitrogens with one attached hydrogen (secondary N) is 1. The smallest absolute Gasteiger partial charge is 0.316 e. The molecule has 10 heteroatoms. The van der Waals surface area contributed by atoms with E-state index >= 15 is 0 Å². The van der Waals surface area contributed by atoms with Gasteiger partial charge in [0.1, 0.15) is 0 Å². The Kier molecular flexibility index (Phi) is 8.35. The minimum absolute atomic E-state index is 0.00884. The Hall–Kier alpha value is -3.98. The van der Waals surface area contributed by atoms with Gasteiger partial charge in [0, 0.05) is 29.7 Å². The van der Waals surface area contributed by atoms with Crippen molar-refractivity contribution < 1.29 is 9.21 Å². The highest BCUT2D eigenvalue weighted by atomic mass is 35.5. The summed E-state index contributed by atoms with van der Waals surface area (Å²) in [4.78, 5) is 23.3. The highest BCUT2D eigenvalue weighted by molar-refractivity contribution is 6.30. The fourth-order valence-electron chi connectivity index (χ4n) is 3.80. The van der Waals surface area contributed by atoms with E-state index in [1.54, 1.807) is 23.2 Å². The molecular weight excluding hydrogens is 490 g/mol. The summed E-state index contributed by atoms with van der Waals surface area (Å²) in [5.41, 5.74) is 9.35. The summed E-state index contributed by atoms with van der Waals surface area (Å²) >= 11 is 5.97. The van der Waals surface area contributed by atoms with Gasteiger partial charge >= 0.3 is 6.01 Å². The first-order valence-corrected chi connectivity index (χ1v) is 12.6. The van der Waals surface area contributed by atoms with E-state index in [1.807, 2.05) is 50.4 Å².